The number of rotatable bonds is 14. The zero-order chi connectivity index (χ0) is 15.2. The van der Waals surface area contributed by atoms with E-state index in [1.165, 1.54) is 0 Å². The van der Waals surface area contributed by atoms with Gasteiger partial charge in [-0.2, -0.15) is 0 Å². The van der Waals surface area contributed by atoms with Gasteiger partial charge in [0.25, 0.3) is 0 Å². The third-order valence-corrected chi connectivity index (χ3v) is 2.62. The van der Waals surface area contributed by atoms with Crippen LogP contribution >= 0.6 is 0 Å². The van der Waals surface area contributed by atoms with Gasteiger partial charge in [-0.25, -0.2) is 4.98 Å². The molecule has 6 nitrogen and oxygen atoms in total. The molecule has 0 aliphatic rings. The van der Waals surface area contributed by atoms with Gasteiger partial charge in [-0.3, -0.25) is 0 Å². The number of hydrogen-bond donors (Lipinski definition) is 0. The summed E-state index contributed by atoms with van der Waals surface area (Å²) < 4.78 is 23.6. The highest BCUT2D eigenvalue weighted by atomic mass is 16.6. The molecule has 1 heterocycles. The van der Waals surface area contributed by atoms with Crippen molar-refractivity contribution in [2.75, 3.05) is 52.9 Å². The number of aromatic nitrogens is 2. The van der Waals surface area contributed by atoms with E-state index < -0.39 is 0 Å². The van der Waals surface area contributed by atoms with Gasteiger partial charge in [0.05, 0.1) is 52.6 Å². The molecule has 0 fully saturated rings. The predicted octanol–water partition coefficient (Wildman–Crippen LogP) is 1.61. The largest absolute Gasteiger partial charge is 0.379 e. The van der Waals surface area contributed by atoms with Crippen LogP contribution in [-0.4, -0.2) is 62.4 Å². The van der Waals surface area contributed by atoms with E-state index in [1.54, 1.807) is 12.5 Å². The fourth-order valence-corrected chi connectivity index (χ4v) is 1.57. The molecule has 1 rings (SSSR count). The number of imidazole rings is 1. The highest BCUT2D eigenvalue weighted by Gasteiger charge is 1.95. The standard InChI is InChI=1S/C15H28N2O4/c1-15(2)13-21-12-11-20-10-9-19-8-7-18-6-5-17-4-3-16-14-17/h3-4,14-15H,5-13H2,1-2H3. The van der Waals surface area contributed by atoms with Crippen molar-refractivity contribution in [3.8, 4) is 0 Å². The molecule has 0 unspecified atom stereocenters. The van der Waals surface area contributed by atoms with Crippen LogP contribution in [0.3, 0.4) is 0 Å². The molecule has 1 aromatic rings. The Hall–Kier alpha value is -0.950. The van der Waals surface area contributed by atoms with Crippen LogP contribution in [0.1, 0.15) is 13.8 Å². The van der Waals surface area contributed by atoms with E-state index >= 15 is 0 Å². The highest BCUT2D eigenvalue weighted by Crippen LogP contribution is 1.92. The fraction of sp³-hybridized carbons (Fsp3) is 0.800. The van der Waals surface area contributed by atoms with Crippen molar-refractivity contribution in [2.24, 2.45) is 5.92 Å². The van der Waals surface area contributed by atoms with E-state index in [4.69, 9.17) is 18.9 Å². The average Bonchev–Trinajstić information content (AvgIpc) is 2.97. The molecule has 6 heteroatoms. The van der Waals surface area contributed by atoms with Gasteiger partial charge in [-0.05, 0) is 5.92 Å². The summed E-state index contributed by atoms with van der Waals surface area (Å²) in [4.78, 5) is 3.97. The summed E-state index contributed by atoms with van der Waals surface area (Å²) in [6.07, 6.45) is 5.46. The van der Waals surface area contributed by atoms with Crippen molar-refractivity contribution < 1.29 is 18.9 Å². The second-order valence-electron chi connectivity index (χ2n) is 5.11. The zero-order valence-electron chi connectivity index (χ0n) is 13.2. The Bertz CT molecular complexity index is 317. The molecule has 0 aromatic carbocycles. The van der Waals surface area contributed by atoms with Gasteiger partial charge in [0.15, 0.2) is 0 Å². The minimum atomic E-state index is 0.571. The summed E-state index contributed by atoms with van der Waals surface area (Å²) >= 11 is 0. The predicted molar refractivity (Wildman–Crippen MR) is 80.3 cm³/mol. The lowest BCUT2D eigenvalue weighted by Gasteiger charge is -2.08. The van der Waals surface area contributed by atoms with Crippen molar-refractivity contribution in [3.05, 3.63) is 18.7 Å². The van der Waals surface area contributed by atoms with E-state index in [1.807, 2.05) is 10.8 Å². The summed E-state index contributed by atoms with van der Waals surface area (Å²) in [6, 6.07) is 0. The molecule has 0 bridgehead atoms. The smallest absolute Gasteiger partial charge is 0.0946 e. The van der Waals surface area contributed by atoms with Crippen LogP contribution in [0.2, 0.25) is 0 Å². The summed E-state index contributed by atoms with van der Waals surface area (Å²) in [7, 11) is 0. The van der Waals surface area contributed by atoms with Gasteiger partial charge >= 0.3 is 0 Å². The summed E-state index contributed by atoms with van der Waals surface area (Å²) in [6.45, 7) is 10.2. The Morgan fingerprint density at radius 3 is 1.95 bits per heavy atom. The van der Waals surface area contributed by atoms with Gasteiger partial charge in [0.1, 0.15) is 0 Å². The lowest BCUT2D eigenvalue weighted by molar-refractivity contribution is -0.00522. The van der Waals surface area contributed by atoms with Crippen molar-refractivity contribution in [1.82, 2.24) is 9.55 Å². The van der Waals surface area contributed by atoms with Crippen LogP contribution in [0.5, 0.6) is 0 Å². The summed E-state index contributed by atoms with van der Waals surface area (Å²) in [5, 5.41) is 0. The molecule has 0 aliphatic heterocycles. The van der Waals surface area contributed by atoms with Crippen molar-refractivity contribution in [1.29, 1.82) is 0 Å². The topological polar surface area (TPSA) is 54.7 Å². The lowest BCUT2D eigenvalue weighted by Crippen LogP contribution is -2.13. The first-order chi connectivity index (χ1) is 10.3. The fourth-order valence-electron chi connectivity index (χ4n) is 1.57. The van der Waals surface area contributed by atoms with E-state index in [0.29, 0.717) is 52.2 Å². The summed E-state index contributed by atoms with van der Waals surface area (Å²) in [5.74, 6) is 0.571. The van der Waals surface area contributed by atoms with Gasteiger partial charge < -0.3 is 23.5 Å². The van der Waals surface area contributed by atoms with E-state index in [9.17, 15) is 0 Å². The van der Waals surface area contributed by atoms with Crippen LogP contribution in [0.15, 0.2) is 18.7 Å². The molecule has 0 saturated carbocycles. The van der Waals surface area contributed by atoms with Gasteiger partial charge in [0, 0.05) is 25.5 Å². The Kier molecular flexibility index (Phi) is 11.0. The maximum atomic E-state index is 5.45. The van der Waals surface area contributed by atoms with Crippen LogP contribution in [0.4, 0.5) is 0 Å². The normalized spacial score (nSPS) is 11.4. The van der Waals surface area contributed by atoms with Crippen molar-refractivity contribution >= 4 is 0 Å². The molecule has 0 aliphatic carbocycles. The zero-order valence-corrected chi connectivity index (χ0v) is 13.2. The maximum absolute atomic E-state index is 5.45. The molecule has 0 amide bonds. The first-order valence-corrected chi connectivity index (χ1v) is 7.55. The van der Waals surface area contributed by atoms with Crippen LogP contribution in [0.25, 0.3) is 0 Å². The number of hydrogen-bond acceptors (Lipinski definition) is 5. The van der Waals surface area contributed by atoms with E-state index in [2.05, 4.69) is 18.8 Å². The Balaban J connectivity index is 1.71. The molecular formula is C15H28N2O4. The monoisotopic (exact) mass is 300 g/mol. The van der Waals surface area contributed by atoms with Crippen LogP contribution in [0, 0.1) is 5.92 Å². The van der Waals surface area contributed by atoms with Gasteiger partial charge in [-0.1, -0.05) is 13.8 Å². The average molecular weight is 300 g/mol. The Morgan fingerprint density at radius 1 is 0.857 bits per heavy atom. The van der Waals surface area contributed by atoms with Crippen LogP contribution < -0.4 is 0 Å². The molecule has 0 N–H and O–H groups in total. The molecule has 0 saturated heterocycles. The van der Waals surface area contributed by atoms with E-state index in [0.717, 1.165) is 13.2 Å². The minimum Gasteiger partial charge on any atom is -0.379 e. The molecule has 0 radical (unpaired) electrons. The van der Waals surface area contributed by atoms with Crippen molar-refractivity contribution in [3.63, 3.8) is 0 Å². The Labute approximate surface area is 127 Å². The first-order valence-electron chi connectivity index (χ1n) is 7.55. The molecule has 1 aromatic heterocycles. The second-order valence-corrected chi connectivity index (χ2v) is 5.11. The molecule has 21 heavy (non-hydrogen) atoms. The van der Waals surface area contributed by atoms with Crippen LogP contribution in [-0.2, 0) is 25.5 Å². The molecule has 0 spiro atoms. The minimum absolute atomic E-state index is 0.571. The third kappa shape index (κ3) is 11.4. The Morgan fingerprint density at radius 2 is 1.43 bits per heavy atom. The molecular weight excluding hydrogens is 272 g/mol. The third-order valence-electron chi connectivity index (χ3n) is 2.62. The number of nitrogens with zero attached hydrogens (tertiary/aromatic N) is 2. The SMILES string of the molecule is CC(C)COCCOCCOCCOCCn1ccnc1. The summed E-state index contributed by atoms with van der Waals surface area (Å²) in [5.41, 5.74) is 0. The van der Waals surface area contributed by atoms with Crippen molar-refractivity contribution in [2.45, 2.75) is 20.4 Å². The van der Waals surface area contributed by atoms with Gasteiger partial charge in [0.2, 0.25) is 0 Å². The lowest BCUT2D eigenvalue weighted by atomic mass is 10.2. The highest BCUT2D eigenvalue weighted by molar-refractivity contribution is 4.73. The van der Waals surface area contributed by atoms with Gasteiger partial charge in [-0.15, -0.1) is 0 Å². The number of ether oxygens (including phenoxy) is 4. The quantitative estimate of drug-likeness (QED) is 0.489. The molecule has 122 valence electrons. The van der Waals surface area contributed by atoms with E-state index in [-0.39, 0.29) is 0 Å². The molecule has 0 atom stereocenters. The second kappa shape index (κ2) is 12.8. The maximum Gasteiger partial charge on any atom is 0.0946 e. The first kappa shape index (κ1) is 18.1.